The van der Waals surface area contributed by atoms with E-state index in [0.717, 1.165) is 4.47 Å². The fraction of sp³-hybridized carbons (Fsp3) is 0.111. The number of rotatable bonds is 0. The van der Waals surface area contributed by atoms with Crippen LogP contribution in [0.3, 0.4) is 0 Å². The molecule has 0 aliphatic heterocycles. The molecule has 5 heteroatoms. The van der Waals surface area contributed by atoms with Gasteiger partial charge in [0.25, 0.3) is 0 Å². The van der Waals surface area contributed by atoms with Crippen LogP contribution in [0.15, 0.2) is 23.1 Å². The molecule has 0 unspecified atom stereocenters. The van der Waals surface area contributed by atoms with E-state index in [0.29, 0.717) is 16.7 Å². The monoisotopic (exact) mass is 249 g/mol. The minimum absolute atomic E-state index is 0.510. The summed E-state index contributed by atoms with van der Waals surface area (Å²) in [6.07, 6.45) is 4.99. The molecule has 0 saturated heterocycles. The Hall–Kier alpha value is -1.54. The van der Waals surface area contributed by atoms with E-state index in [-0.39, 0.29) is 0 Å². The maximum Gasteiger partial charge on any atom is 0.311 e. The number of pyridine rings is 1. The van der Waals surface area contributed by atoms with Crippen molar-refractivity contribution in [2.75, 3.05) is 0 Å². The summed E-state index contributed by atoms with van der Waals surface area (Å²) in [7, 11) is 1.80. The highest BCUT2D eigenvalue weighted by Gasteiger charge is 2.16. The van der Waals surface area contributed by atoms with Gasteiger partial charge in [-0.3, -0.25) is 4.98 Å². The van der Waals surface area contributed by atoms with E-state index in [9.17, 15) is 0 Å². The number of halogens is 1. The molecule has 14 heavy (non-hydrogen) atoms. The molecular formula is C9H6BrN4+. The van der Waals surface area contributed by atoms with Crippen molar-refractivity contribution in [1.29, 1.82) is 5.26 Å². The Bertz CT molecular complexity index is 544. The second-order valence-corrected chi connectivity index (χ2v) is 3.66. The van der Waals surface area contributed by atoms with Gasteiger partial charge < -0.3 is 0 Å². The Morgan fingerprint density at radius 1 is 1.36 bits per heavy atom. The first kappa shape index (κ1) is 9.03. The van der Waals surface area contributed by atoms with Crippen LogP contribution in [0, 0.1) is 11.3 Å². The zero-order chi connectivity index (χ0) is 10.1. The van der Waals surface area contributed by atoms with Gasteiger partial charge in [0.15, 0.2) is 17.8 Å². The highest BCUT2D eigenvalue weighted by molar-refractivity contribution is 9.10. The average Bonchev–Trinajstić information content (AvgIpc) is 2.18. The summed E-state index contributed by atoms with van der Waals surface area (Å²) in [6, 6.07) is 2.11. The lowest BCUT2D eigenvalue weighted by molar-refractivity contribution is -0.673. The van der Waals surface area contributed by atoms with Crippen molar-refractivity contribution in [3.8, 4) is 6.07 Å². The lowest BCUT2D eigenvalue weighted by atomic mass is 10.3. The third-order valence-electron chi connectivity index (χ3n) is 1.91. The minimum Gasteiger partial charge on any atom is -0.251 e. The molecule has 0 aliphatic rings. The Morgan fingerprint density at radius 3 is 2.64 bits per heavy atom. The van der Waals surface area contributed by atoms with Crippen molar-refractivity contribution in [2.24, 2.45) is 7.05 Å². The molecule has 2 heterocycles. The normalized spacial score (nSPS) is 10.1. The molecule has 0 aliphatic carbocycles. The van der Waals surface area contributed by atoms with Crippen molar-refractivity contribution in [3.05, 3.63) is 28.8 Å². The van der Waals surface area contributed by atoms with Crippen LogP contribution in [0.1, 0.15) is 5.69 Å². The van der Waals surface area contributed by atoms with Gasteiger partial charge in [-0.15, -0.1) is 0 Å². The quantitative estimate of drug-likeness (QED) is 0.657. The second kappa shape index (κ2) is 3.31. The van der Waals surface area contributed by atoms with E-state index in [2.05, 4.69) is 32.0 Å². The van der Waals surface area contributed by atoms with E-state index in [1.165, 1.54) is 0 Å². The molecule has 2 aromatic heterocycles. The fourth-order valence-electron chi connectivity index (χ4n) is 1.28. The summed E-state index contributed by atoms with van der Waals surface area (Å²) in [6.45, 7) is 0. The molecule has 0 saturated carbocycles. The van der Waals surface area contributed by atoms with Crippen molar-refractivity contribution in [3.63, 3.8) is 0 Å². The first-order chi connectivity index (χ1) is 6.74. The summed E-state index contributed by atoms with van der Waals surface area (Å²) in [5, 5.41) is 8.95. The van der Waals surface area contributed by atoms with Crippen LogP contribution < -0.4 is 4.57 Å². The maximum atomic E-state index is 8.95. The van der Waals surface area contributed by atoms with E-state index >= 15 is 0 Å². The number of aryl methyl sites for hydroxylation is 1. The summed E-state index contributed by atoms with van der Waals surface area (Å²) in [4.78, 5) is 8.29. The summed E-state index contributed by atoms with van der Waals surface area (Å²) >= 11 is 3.38. The van der Waals surface area contributed by atoms with Crippen LogP contribution in [0.4, 0.5) is 0 Å². The molecule has 0 amide bonds. The van der Waals surface area contributed by atoms with E-state index in [1.807, 2.05) is 0 Å². The van der Waals surface area contributed by atoms with Crippen LogP contribution in [-0.2, 0) is 7.05 Å². The first-order valence-corrected chi connectivity index (χ1v) is 4.72. The SMILES string of the molecule is C[n+]1cc(Br)c2nccnc2c1C#N. The molecular weight excluding hydrogens is 244 g/mol. The third kappa shape index (κ3) is 1.24. The van der Waals surface area contributed by atoms with Crippen molar-refractivity contribution < 1.29 is 4.57 Å². The van der Waals surface area contributed by atoms with Gasteiger partial charge in [0.2, 0.25) is 0 Å². The smallest absolute Gasteiger partial charge is 0.251 e. The predicted octanol–water partition coefficient (Wildman–Crippen LogP) is 1.09. The van der Waals surface area contributed by atoms with Gasteiger partial charge in [-0.05, 0) is 15.9 Å². The molecule has 0 spiro atoms. The summed E-state index contributed by atoms with van der Waals surface area (Å²) in [5.41, 5.74) is 1.84. The van der Waals surface area contributed by atoms with E-state index in [4.69, 9.17) is 5.26 Å². The molecule has 2 rings (SSSR count). The Labute approximate surface area is 89.0 Å². The standard InChI is InChI=1S/C9H6BrN4/c1-14-5-6(10)8-9(7(14)4-11)13-3-2-12-8/h2-3,5H,1H3/q+1. The summed E-state index contributed by atoms with van der Waals surface area (Å²) in [5.74, 6) is 0. The summed E-state index contributed by atoms with van der Waals surface area (Å²) < 4.78 is 2.56. The van der Waals surface area contributed by atoms with Gasteiger partial charge in [0.05, 0.1) is 0 Å². The van der Waals surface area contributed by atoms with Gasteiger partial charge in [-0.2, -0.15) is 9.83 Å². The fourth-order valence-corrected chi connectivity index (χ4v) is 1.88. The maximum absolute atomic E-state index is 8.95. The number of hydrogen-bond acceptors (Lipinski definition) is 3. The Morgan fingerprint density at radius 2 is 2.00 bits per heavy atom. The van der Waals surface area contributed by atoms with Crippen LogP contribution in [-0.4, -0.2) is 9.97 Å². The average molecular weight is 250 g/mol. The number of aromatic nitrogens is 3. The van der Waals surface area contributed by atoms with Crippen molar-refractivity contribution in [1.82, 2.24) is 9.97 Å². The van der Waals surface area contributed by atoms with E-state index in [1.54, 1.807) is 30.2 Å². The largest absolute Gasteiger partial charge is 0.311 e. The molecule has 0 atom stereocenters. The van der Waals surface area contributed by atoms with Crippen LogP contribution in [0.25, 0.3) is 11.0 Å². The van der Waals surface area contributed by atoms with Crippen LogP contribution >= 0.6 is 15.9 Å². The number of hydrogen-bond donors (Lipinski definition) is 0. The van der Waals surface area contributed by atoms with E-state index < -0.39 is 0 Å². The van der Waals surface area contributed by atoms with Crippen LogP contribution in [0.5, 0.6) is 0 Å². The molecule has 0 bridgehead atoms. The van der Waals surface area contributed by atoms with Gasteiger partial charge in [-0.1, -0.05) is 0 Å². The number of nitrogens with zero attached hydrogens (tertiary/aromatic N) is 4. The number of nitriles is 1. The molecule has 2 aromatic rings. The molecule has 68 valence electrons. The number of fused-ring (bicyclic) bond motifs is 1. The van der Waals surface area contributed by atoms with Gasteiger partial charge >= 0.3 is 5.69 Å². The van der Waals surface area contributed by atoms with Gasteiger partial charge in [-0.25, -0.2) is 4.98 Å². The van der Waals surface area contributed by atoms with Gasteiger partial charge in [0.1, 0.15) is 17.0 Å². The van der Waals surface area contributed by atoms with Gasteiger partial charge in [0, 0.05) is 12.4 Å². The predicted molar refractivity (Wildman–Crippen MR) is 53.1 cm³/mol. The molecule has 0 aromatic carbocycles. The zero-order valence-corrected chi connectivity index (χ0v) is 8.98. The Balaban J connectivity index is 3.00. The van der Waals surface area contributed by atoms with Crippen LogP contribution in [0.2, 0.25) is 0 Å². The second-order valence-electron chi connectivity index (χ2n) is 2.80. The highest BCUT2D eigenvalue weighted by Crippen LogP contribution is 2.19. The lowest BCUT2D eigenvalue weighted by Gasteiger charge is -1.98. The highest BCUT2D eigenvalue weighted by atomic mass is 79.9. The first-order valence-electron chi connectivity index (χ1n) is 3.93. The minimum atomic E-state index is 0.510. The molecule has 4 nitrogen and oxygen atoms in total. The zero-order valence-electron chi connectivity index (χ0n) is 7.40. The molecule has 0 fully saturated rings. The van der Waals surface area contributed by atoms with Crippen molar-refractivity contribution in [2.45, 2.75) is 0 Å². The topological polar surface area (TPSA) is 53.5 Å². The Kier molecular flexibility index (Phi) is 2.14. The lowest BCUT2D eigenvalue weighted by Crippen LogP contribution is -2.32. The molecule has 0 N–H and O–H groups in total. The molecule has 0 radical (unpaired) electrons. The third-order valence-corrected chi connectivity index (χ3v) is 2.49. The van der Waals surface area contributed by atoms with Crippen molar-refractivity contribution >= 4 is 27.0 Å².